The number of amides is 2. The second-order valence-corrected chi connectivity index (χ2v) is 4.24. The summed E-state index contributed by atoms with van der Waals surface area (Å²) < 4.78 is 13.3. The maximum Gasteiger partial charge on any atom is 0.260 e. The Morgan fingerprint density at radius 1 is 1.33 bits per heavy atom. The highest BCUT2D eigenvalue weighted by molar-refractivity contribution is 7.14. The molecule has 18 heavy (non-hydrogen) atoms. The van der Waals surface area contributed by atoms with Crippen LogP contribution in [-0.2, 0) is 0 Å². The molecule has 7 heteroatoms. The molecule has 2 amide bonds. The van der Waals surface area contributed by atoms with Gasteiger partial charge < -0.3 is 11.1 Å². The average Bonchev–Trinajstić information content (AvgIpc) is 2.77. The van der Waals surface area contributed by atoms with E-state index in [0.717, 1.165) is 11.3 Å². The minimum atomic E-state index is -0.868. The van der Waals surface area contributed by atoms with E-state index in [2.05, 4.69) is 10.3 Å². The summed E-state index contributed by atoms with van der Waals surface area (Å²) in [6, 6.07) is 4.23. The largest absolute Gasteiger partial charge is 0.366 e. The maximum absolute atomic E-state index is 13.3. The van der Waals surface area contributed by atoms with Crippen molar-refractivity contribution in [2.45, 2.75) is 0 Å². The number of rotatable bonds is 3. The Balaban J connectivity index is 2.25. The summed E-state index contributed by atoms with van der Waals surface area (Å²) in [7, 11) is 0. The Bertz CT molecular complexity index is 612. The SMILES string of the molecule is NC(=O)c1ccsc1NC(=O)c1cccnc1F. The number of primary amides is 1. The van der Waals surface area contributed by atoms with Gasteiger partial charge in [-0.3, -0.25) is 9.59 Å². The van der Waals surface area contributed by atoms with Crippen molar-refractivity contribution in [2.24, 2.45) is 5.73 Å². The number of carbonyl (C=O) groups excluding carboxylic acids is 2. The van der Waals surface area contributed by atoms with E-state index in [-0.39, 0.29) is 16.1 Å². The highest BCUT2D eigenvalue weighted by Gasteiger charge is 2.16. The predicted octanol–water partition coefficient (Wildman–Crippen LogP) is 1.63. The maximum atomic E-state index is 13.3. The number of anilines is 1. The van der Waals surface area contributed by atoms with Gasteiger partial charge in [0.05, 0.1) is 11.1 Å². The quantitative estimate of drug-likeness (QED) is 0.827. The third-order valence-electron chi connectivity index (χ3n) is 2.16. The first kappa shape index (κ1) is 12.2. The molecule has 0 saturated carbocycles. The molecular formula is C11H8FN3O2S. The first-order valence-corrected chi connectivity index (χ1v) is 5.76. The van der Waals surface area contributed by atoms with Crippen LogP contribution in [0, 0.1) is 5.95 Å². The van der Waals surface area contributed by atoms with Crippen molar-refractivity contribution >= 4 is 28.2 Å². The molecule has 0 unspecified atom stereocenters. The molecule has 5 nitrogen and oxygen atoms in total. The van der Waals surface area contributed by atoms with Gasteiger partial charge in [0, 0.05) is 6.20 Å². The molecule has 0 fully saturated rings. The molecule has 2 aromatic heterocycles. The van der Waals surface area contributed by atoms with Crippen LogP contribution in [0.25, 0.3) is 0 Å². The molecular weight excluding hydrogens is 257 g/mol. The van der Waals surface area contributed by atoms with Gasteiger partial charge in [0.2, 0.25) is 5.95 Å². The van der Waals surface area contributed by atoms with Gasteiger partial charge in [-0.15, -0.1) is 11.3 Å². The number of nitrogens with one attached hydrogen (secondary N) is 1. The number of thiophene rings is 1. The van der Waals surface area contributed by atoms with Crippen LogP contribution in [0.1, 0.15) is 20.7 Å². The summed E-state index contributed by atoms with van der Waals surface area (Å²) in [6.07, 6.45) is 1.24. The van der Waals surface area contributed by atoms with E-state index in [9.17, 15) is 14.0 Å². The highest BCUT2D eigenvalue weighted by Crippen LogP contribution is 2.23. The molecule has 0 aliphatic carbocycles. The Labute approximate surface area is 105 Å². The van der Waals surface area contributed by atoms with Crippen LogP contribution in [0.5, 0.6) is 0 Å². The van der Waals surface area contributed by atoms with Gasteiger partial charge in [-0.2, -0.15) is 4.39 Å². The minimum absolute atomic E-state index is 0.192. The highest BCUT2D eigenvalue weighted by atomic mass is 32.1. The van der Waals surface area contributed by atoms with Gasteiger partial charge >= 0.3 is 0 Å². The van der Waals surface area contributed by atoms with E-state index >= 15 is 0 Å². The Morgan fingerprint density at radius 3 is 2.78 bits per heavy atom. The van der Waals surface area contributed by atoms with Crippen LogP contribution >= 0.6 is 11.3 Å². The minimum Gasteiger partial charge on any atom is -0.366 e. The van der Waals surface area contributed by atoms with Gasteiger partial charge in [-0.05, 0) is 23.6 Å². The summed E-state index contributed by atoms with van der Waals surface area (Å²) in [4.78, 5) is 26.2. The third kappa shape index (κ3) is 2.35. The number of pyridine rings is 1. The third-order valence-corrected chi connectivity index (χ3v) is 2.99. The summed E-state index contributed by atoms with van der Waals surface area (Å²) in [5.41, 5.74) is 5.13. The molecule has 92 valence electrons. The lowest BCUT2D eigenvalue weighted by Crippen LogP contribution is -2.17. The van der Waals surface area contributed by atoms with Crippen LogP contribution in [-0.4, -0.2) is 16.8 Å². The molecule has 0 bridgehead atoms. The van der Waals surface area contributed by atoms with E-state index in [1.54, 1.807) is 5.38 Å². The zero-order valence-electron chi connectivity index (χ0n) is 9.01. The fraction of sp³-hybridized carbons (Fsp3) is 0. The second kappa shape index (κ2) is 4.92. The first-order chi connectivity index (χ1) is 8.59. The van der Waals surface area contributed by atoms with Crippen molar-refractivity contribution in [3.63, 3.8) is 0 Å². The number of carbonyl (C=O) groups is 2. The molecule has 3 N–H and O–H groups in total. The van der Waals surface area contributed by atoms with Crippen molar-refractivity contribution in [1.29, 1.82) is 0 Å². The van der Waals surface area contributed by atoms with Gasteiger partial charge in [0.15, 0.2) is 0 Å². The van der Waals surface area contributed by atoms with Crippen molar-refractivity contribution in [2.75, 3.05) is 5.32 Å². The Kier molecular flexibility index (Phi) is 3.33. The molecule has 2 aromatic rings. The summed E-state index contributed by atoms with van der Waals surface area (Å²) >= 11 is 1.13. The summed E-state index contributed by atoms with van der Waals surface area (Å²) in [5, 5.41) is 4.32. The van der Waals surface area contributed by atoms with E-state index < -0.39 is 17.8 Å². The molecule has 0 aliphatic rings. The standard InChI is InChI=1S/C11H8FN3O2S/c12-8-6(2-1-4-14-8)10(17)15-11-7(9(13)16)3-5-18-11/h1-5H,(H2,13,16)(H,15,17). The van der Waals surface area contributed by atoms with E-state index in [1.807, 2.05) is 0 Å². The molecule has 0 aliphatic heterocycles. The van der Waals surface area contributed by atoms with Gasteiger partial charge in [-0.1, -0.05) is 0 Å². The number of hydrogen-bond acceptors (Lipinski definition) is 4. The van der Waals surface area contributed by atoms with Gasteiger partial charge in [0.25, 0.3) is 11.8 Å². The van der Waals surface area contributed by atoms with Crippen molar-refractivity contribution in [3.8, 4) is 0 Å². The van der Waals surface area contributed by atoms with Crippen LogP contribution in [0.2, 0.25) is 0 Å². The molecule has 0 atom stereocenters. The van der Waals surface area contributed by atoms with Crippen molar-refractivity contribution in [1.82, 2.24) is 4.98 Å². The first-order valence-electron chi connectivity index (χ1n) is 4.88. The average molecular weight is 265 g/mol. The molecule has 0 aromatic carbocycles. The lowest BCUT2D eigenvalue weighted by Gasteiger charge is -2.04. The van der Waals surface area contributed by atoms with Crippen molar-refractivity contribution < 1.29 is 14.0 Å². The fourth-order valence-corrected chi connectivity index (χ4v) is 2.11. The topological polar surface area (TPSA) is 85.1 Å². The number of nitrogens with two attached hydrogens (primary N) is 1. The van der Waals surface area contributed by atoms with Crippen LogP contribution in [0.4, 0.5) is 9.39 Å². The molecule has 0 radical (unpaired) electrons. The summed E-state index contributed by atoms with van der Waals surface area (Å²) in [6.45, 7) is 0. The van der Waals surface area contributed by atoms with Gasteiger partial charge in [-0.25, -0.2) is 4.98 Å². The lowest BCUT2D eigenvalue weighted by molar-refractivity contribution is 0.100. The monoisotopic (exact) mass is 265 g/mol. The van der Waals surface area contributed by atoms with E-state index in [0.29, 0.717) is 0 Å². The zero-order chi connectivity index (χ0) is 13.1. The van der Waals surface area contributed by atoms with Crippen LogP contribution < -0.4 is 11.1 Å². The molecule has 0 spiro atoms. The van der Waals surface area contributed by atoms with E-state index in [4.69, 9.17) is 5.73 Å². The fourth-order valence-electron chi connectivity index (χ4n) is 1.33. The number of halogens is 1. The van der Waals surface area contributed by atoms with E-state index in [1.165, 1.54) is 24.4 Å². The molecule has 2 heterocycles. The second-order valence-electron chi connectivity index (χ2n) is 3.32. The predicted molar refractivity (Wildman–Crippen MR) is 65.0 cm³/mol. The number of aromatic nitrogens is 1. The Hall–Kier alpha value is -2.28. The van der Waals surface area contributed by atoms with Crippen LogP contribution in [0.3, 0.4) is 0 Å². The smallest absolute Gasteiger partial charge is 0.260 e. The number of hydrogen-bond donors (Lipinski definition) is 2. The summed E-state index contributed by atoms with van der Waals surface area (Å²) in [5.74, 6) is -2.20. The van der Waals surface area contributed by atoms with Gasteiger partial charge in [0.1, 0.15) is 5.00 Å². The normalized spacial score (nSPS) is 10.1. The van der Waals surface area contributed by atoms with Crippen molar-refractivity contribution in [3.05, 3.63) is 46.9 Å². The lowest BCUT2D eigenvalue weighted by atomic mass is 10.2. The van der Waals surface area contributed by atoms with Crippen LogP contribution in [0.15, 0.2) is 29.8 Å². The number of nitrogens with zero attached hydrogens (tertiary/aromatic N) is 1. The Morgan fingerprint density at radius 2 is 2.11 bits per heavy atom. The zero-order valence-corrected chi connectivity index (χ0v) is 9.83. The molecule has 2 rings (SSSR count). The molecule has 0 saturated heterocycles.